The lowest BCUT2D eigenvalue weighted by atomic mass is 10.1. The molecule has 2 N–H and O–H groups in total. The third-order valence-electron chi connectivity index (χ3n) is 1.47. The molecule has 1 aromatic carbocycles. The molecule has 64 valence electrons. The first-order valence-corrected chi connectivity index (χ1v) is 5.15. The van der Waals surface area contributed by atoms with Crippen molar-refractivity contribution in [1.82, 2.24) is 0 Å². The van der Waals surface area contributed by atoms with Gasteiger partial charge in [0.05, 0.1) is 0 Å². The highest BCUT2D eigenvalue weighted by atomic mass is 127. The summed E-state index contributed by atoms with van der Waals surface area (Å²) in [6.07, 6.45) is 0. The first-order chi connectivity index (χ1) is 5.52. The normalized spacial score (nSPS) is 9.92. The summed E-state index contributed by atoms with van der Waals surface area (Å²) < 4.78 is 1.75. The molecule has 0 atom stereocenters. The van der Waals surface area contributed by atoms with E-state index in [9.17, 15) is 4.79 Å². The number of anilines is 1. The molecule has 2 nitrogen and oxygen atoms in total. The lowest BCUT2D eigenvalue weighted by Crippen LogP contribution is -1.98. The van der Waals surface area contributed by atoms with Crippen LogP contribution in [0, 0.1) is 3.57 Å². The van der Waals surface area contributed by atoms with Gasteiger partial charge in [0.25, 0.3) is 0 Å². The number of carbonyl (C=O) groups is 1. The van der Waals surface area contributed by atoms with Gasteiger partial charge in [-0.3, -0.25) is 4.79 Å². The smallest absolute Gasteiger partial charge is 0.160 e. The van der Waals surface area contributed by atoms with Gasteiger partial charge in [0, 0.05) is 19.3 Å². The molecule has 0 saturated heterocycles. The van der Waals surface area contributed by atoms with Crippen molar-refractivity contribution < 1.29 is 4.79 Å². The SMILES string of the molecule is CC(=O)c1cc(N)c(Br)cc1I. The quantitative estimate of drug-likeness (QED) is 0.485. The standard InChI is InChI=1S/C8H7BrINO/c1-4(12)5-2-8(11)6(9)3-7(5)10/h2-3H,11H2,1H3. The molecule has 0 radical (unpaired) electrons. The van der Waals surface area contributed by atoms with Gasteiger partial charge in [0.1, 0.15) is 0 Å². The molecule has 0 aliphatic rings. The third kappa shape index (κ3) is 1.98. The molecule has 0 bridgehead atoms. The third-order valence-corrected chi connectivity index (χ3v) is 3.04. The number of nitrogen functional groups attached to an aromatic ring is 1. The number of rotatable bonds is 1. The monoisotopic (exact) mass is 339 g/mol. The van der Waals surface area contributed by atoms with Crippen LogP contribution in [0.15, 0.2) is 16.6 Å². The fourth-order valence-electron chi connectivity index (χ4n) is 0.836. The van der Waals surface area contributed by atoms with Gasteiger partial charge in [-0.05, 0) is 57.6 Å². The van der Waals surface area contributed by atoms with Crippen LogP contribution in [0.3, 0.4) is 0 Å². The summed E-state index contributed by atoms with van der Waals surface area (Å²) in [5, 5.41) is 0. The van der Waals surface area contributed by atoms with E-state index < -0.39 is 0 Å². The van der Waals surface area contributed by atoms with Crippen molar-refractivity contribution >= 4 is 50.0 Å². The lowest BCUT2D eigenvalue weighted by molar-refractivity contribution is 0.101. The van der Waals surface area contributed by atoms with Crippen LogP contribution in [0.25, 0.3) is 0 Å². The van der Waals surface area contributed by atoms with Gasteiger partial charge in [0.15, 0.2) is 5.78 Å². The van der Waals surface area contributed by atoms with Gasteiger partial charge >= 0.3 is 0 Å². The molecule has 12 heavy (non-hydrogen) atoms. The van der Waals surface area contributed by atoms with E-state index in [0.29, 0.717) is 11.3 Å². The number of Topliss-reactive ketones (excluding diaryl/α,β-unsaturated/α-hetero) is 1. The van der Waals surface area contributed by atoms with Gasteiger partial charge in [-0.25, -0.2) is 0 Å². The van der Waals surface area contributed by atoms with Crippen LogP contribution in [0.4, 0.5) is 5.69 Å². The second-order valence-electron chi connectivity index (χ2n) is 2.41. The van der Waals surface area contributed by atoms with E-state index in [2.05, 4.69) is 38.5 Å². The van der Waals surface area contributed by atoms with E-state index in [1.165, 1.54) is 6.92 Å². The minimum atomic E-state index is 0.0404. The van der Waals surface area contributed by atoms with E-state index in [-0.39, 0.29) is 5.78 Å². The van der Waals surface area contributed by atoms with Gasteiger partial charge in [0.2, 0.25) is 0 Å². The zero-order chi connectivity index (χ0) is 9.30. The van der Waals surface area contributed by atoms with Crippen LogP contribution in [0.1, 0.15) is 17.3 Å². The first kappa shape index (κ1) is 9.98. The van der Waals surface area contributed by atoms with Crippen LogP contribution in [-0.2, 0) is 0 Å². The average molecular weight is 340 g/mol. The molecule has 1 aromatic rings. The van der Waals surface area contributed by atoms with Gasteiger partial charge in [-0.1, -0.05) is 0 Å². The number of ketones is 1. The predicted octanol–water partition coefficient (Wildman–Crippen LogP) is 2.84. The molecule has 0 aliphatic carbocycles. The number of halogens is 2. The Hall–Kier alpha value is -0.100. The molecule has 0 amide bonds. The average Bonchev–Trinajstić information content (AvgIpc) is 1.96. The Labute approximate surface area is 92.8 Å². The van der Waals surface area contributed by atoms with Crippen LogP contribution in [0.2, 0.25) is 0 Å². The van der Waals surface area contributed by atoms with E-state index in [4.69, 9.17) is 5.73 Å². The molecular formula is C8H7BrINO. The van der Waals surface area contributed by atoms with E-state index >= 15 is 0 Å². The number of benzene rings is 1. The predicted molar refractivity (Wildman–Crippen MR) is 61.3 cm³/mol. The molecule has 0 saturated carbocycles. The fraction of sp³-hybridized carbons (Fsp3) is 0.125. The Balaban J connectivity index is 3.33. The van der Waals surface area contributed by atoms with Crippen molar-refractivity contribution in [3.63, 3.8) is 0 Å². The van der Waals surface area contributed by atoms with Crippen molar-refractivity contribution in [2.24, 2.45) is 0 Å². The van der Waals surface area contributed by atoms with Crippen LogP contribution in [0.5, 0.6) is 0 Å². The highest BCUT2D eigenvalue weighted by molar-refractivity contribution is 14.1. The van der Waals surface area contributed by atoms with Crippen molar-refractivity contribution in [1.29, 1.82) is 0 Å². The largest absolute Gasteiger partial charge is 0.398 e. The Morgan fingerprint density at radius 3 is 2.67 bits per heavy atom. The molecule has 0 aromatic heterocycles. The molecule has 0 spiro atoms. The van der Waals surface area contributed by atoms with Crippen LogP contribution >= 0.6 is 38.5 Å². The summed E-state index contributed by atoms with van der Waals surface area (Å²) in [5.41, 5.74) is 6.90. The highest BCUT2D eigenvalue weighted by Crippen LogP contribution is 2.25. The maximum absolute atomic E-state index is 11.1. The summed E-state index contributed by atoms with van der Waals surface area (Å²) in [5.74, 6) is 0.0404. The Morgan fingerprint density at radius 2 is 2.17 bits per heavy atom. The summed E-state index contributed by atoms with van der Waals surface area (Å²) in [4.78, 5) is 11.1. The van der Waals surface area contributed by atoms with Crippen molar-refractivity contribution in [2.75, 3.05) is 5.73 Å². The Kier molecular flexibility index (Phi) is 3.11. The second-order valence-corrected chi connectivity index (χ2v) is 4.43. The van der Waals surface area contributed by atoms with Gasteiger partial charge < -0.3 is 5.73 Å². The molecule has 0 aliphatic heterocycles. The Bertz CT molecular complexity index is 338. The number of hydrogen-bond donors (Lipinski definition) is 1. The number of hydrogen-bond acceptors (Lipinski definition) is 2. The molecule has 0 unspecified atom stereocenters. The number of nitrogens with two attached hydrogens (primary N) is 1. The zero-order valence-corrected chi connectivity index (χ0v) is 10.1. The summed E-state index contributed by atoms with van der Waals surface area (Å²) in [7, 11) is 0. The maximum atomic E-state index is 11.1. The van der Waals surface area contributed by atoms with E-state index in [1.807, 2.05) is 6.07 Å². The van der Waals surface area contributed by atoms with E-state index in [0.717, 1.165) is 8.04 Å². The van der Waals surface area contributed by atoms with Gasteiger partial charge in [-0.2, -0.15) is 0 Å². The van der Waals surface area contributed by atoms with Crippen molar-refractivity contribution in [3.05, 3.63) is 25.7 Å². The molecule has 0 heterocycles. The fourth-order valence-corrected chi connectivity index (χ4v) is 2.45. The molecule has 0 fully saturated rings. The summed E-state index contributed by atoms with van der Waals surface area (Å²) >= 11 is 5.40. The lowest BCUT2D eigenvalue weighted by Gasteiger charge is -2.03. The summed E-state index contributed by atoms with van der Waals surface area (Å²) in [6, 6.07) is 3.53. The van der Waals surface area contributed by atoms with Gasteiger partial charge in [-0.15, -0.1) is 0 Å². The van der Waals surface area contributed by atoms with Crippen LogP contribution < -0.4 is 5.73 Å². The number of carbonyl (C=O) groups excluding carboxylic acids is 1. The van der Waals surface area contributed by atoms with Crippen molar-refractivity contribution in [2.45, 2.75) is 6.92 Å². The van der Waals surface area contributed by atoms with Crippen LogP contribution in [-0.4, -0.2) is 5.78 Å². The molecule has 1 rings (SSSR count). The first-order valence-electron chi connectivity index (χ1n) is 3.28. The van der Waals surface area contributed by atoms with E-state index in [1.54, 1.807) is 6.07 Å². The maximum Gasteiger partial charge on any atom is 0.160 e. The highest BCUT2D eigenvalue weighted by Gasteiger charge is 2.07. The second kappa shape index (κ2) is 3.74. The topological polar surface area (TPSA) is 43.1 Å². The molecular weight excluding hydrogens is 333 g/mol. The minimum absolute atomic E-state index is 0.0404. The molecule has 4 heteroatoms. The Morgan fingerprint density at radius 1 is 1.58 bits per heavy atom. The zero-order valence-electron chi connectivity index (χ0n) is 6.40. The summed E-state index contributed by atoms with van der Waals surface area (Å²) in [6.45, 7) is 1.53. The van der Waals surface area contributed by atoms with Crippen molar-refractivity contribution in [3.8, 4) is 0 Å². The minimum Gasteiger partial charge on any atom is -0.398 e.